The highest BCUT2D eigenvalue weighted by atomic mass is 16.5. The number of carbonyl (C=O) groups excluding carboxylic acids is 1. The van der Waals surface area contributed by atoms with Gasteiger partial charge in [-0.25, -0.2) is 14.6 Å². The number of hydrogen-bond acceptors (Lipinski definition) is 6. The number of ether oxygens (including phenoxy) is 1. The Kier molecular flexibility index (Phi) is 2.87. The zero-order valence-corrected chi connectivity index (χ0v) is 7.35. The first-order chi connectivity index (χ1) is 6.54. The Balaban J connectivity index is 2.79. The van der Waals surface area contributed by atoms with Gasteiger partial charge in [-0.1, -0.05) is 0 Å². The van der Waals surface area contributed by atoms with Gasteiger partial charge in [-0.15, -0.1) is 4.74 Å². The van der Waals surface area contributed by atoms with Crippen LogP contribution in [0.15, 0.2) is 14.1 Å². The van der Waals surface area contributed by atoms with Gasteiger partial charge in [-0.05, 0) is 0 Å². The summed E-state index contributed by atoms with van der Waals surface area (Å²) in [5.74, 6) is -1.59. The van der Waals surface area contributed by atoms with E-state index in [4.69, 9.17) is 5.73 Å². The van der Waals surface area contributed by atoms with Crippen LogP contribution in [0.1, 0.15) is 0 Å². The van der Waals surface area contributed by atoms with E-state index in [1.807, 2.05) is 4.98 Å². The minimum atomic E-state index is -1.04. The van der Waals surface area contributed by atoms with Crippen molar-refractivity contribution in [3.8, 4) is 0 Å². The molecule has 3 N–H and O–H groups in total. The summed E-state index contributed by atoms with van der Waals surface area (Å²) < 4.78 is 9.36. The van der Waals surface area contributed by atoms with Gasteiger partial charge >= 0.3 is 17.4 Å². The van der Waals surface area contributed by atoms with E-state index in [9.17, 15) is 14.4 Å². The Hall–Kier alpha value is -1.83. The predicted octanol–water partition coefficient (Wildman–Crippen LogP) is -2.37. The van der Waals surface area contributed by atoms with Gasteiger partial charge in [0.15, 0.2) is 0 Å². The third-order valence-electron chi connectivity index (χ3n) is 1.50. The number of nitrogens with zero attached hydrogens (tertiary/aromatic N) is 1. The fraction of sp³-hybridized carbons (Fsp3) is 0.500. The summed E-state index contributed by atoms with van der Waals surface area (Å²) in [5.41, 5.74) is 4.57. The number of rotatable bonds is 3. The summed E-state index contributed by atoms with van der Waals surface area (Å²) >= 11 is 0. The summed E-state index contributed by atoms with van der Waals surface area (Å²) in [6, 6.07) is -1.04. The Morgan fingerprint density at radius 1 is 1.71 bits per heavy atom. The smallest absolute Gasteiger partial charge is 0.440 e. The molecular formula is C6H9N3O5. The van der Waals surface area contributed by atoms with Crippen LogP contribution < -0.4 is 17.2 Å². The highest BCUT2D eigenvalue weighted by Gasteiger charge is 2.16. The zero-order valence-electron chi connectivity index (χ0n) is 7.35. The Bertz CT molecular complexity index is 427. The lowest BCUT2D eigenvalue weighted by molar-refractivity contribution is -0.142. The molecule has 1 aromatic heterocycles. The lowest BCUT2D eigenvalue weighted by atomic mass is 10.3. The van der Waals surface area contributed by atoms with Crippen molar-refractivity contribution in [1.29, 1.82) is 0 Å². The molecule has 14 heavy (non-hydrogen) atoms. The molecule has 0 aliphatic carbocycles. The van der Waals surface area contributed by atoms with Crippen molar-refractivity contribution in [1.82, 2.24) is 9.72 Å². The maximum atomic E-state index is 10.9. The van der Waals surface area contributed by atoms with E-state index in [0.717, 1.165) is 7.11 Å². The van der Waals surface area contributed by atoms with Crippen LogP contribution in [0.25, 0.3) is 0 Å². The molecule has 0 amide bonds. The molecule has 0 aliphatic rings. The van der Waals surface area contributed by atoms with E-state index < -0.39 is 23.5 Å². The van der Waals surface area contributed by atoms with E-state index in [-0.39, 0.29) is 6.54 Å². The Morgan fingerprint density at radius 3 is 2.79 bits per heavy atom. The van der Waals surface area contributed by atoms with Crippen LogP contribution in [-0.4, -0.2) is 28.8 Å². The first-order valence-electron chi connectivity index (χ1n) is 3.68. The minimum Gasteiger partial charge on any atom is -0.468 e. The second-order valence-electron chi connectivity index (χ2n) is 2.50. The topological polar surface area (TPSA) is 120 Å². The van der Waals surface area contributed by atoms with Crippen molar-refractivity contribution in [3.05, 3.63) is 21.0 Å². The highest BCUT2D eigenvalue weighted by molar-refractivity contribution is 5.75. The second kappa shape index (κ2) is 3.92. The molecule has 0 fully saturated rings. The fourth-order valence-corrected chi connectivity index (χ4v) is 0.839. The molecule has 1 heterocycles. The monoisotopic (exact) mass is 203 g/mol. The van der Waals surface area contributed by atoms with Crippen molar-refractivity contribution in [2.45, 2.75) is 12.6 Å². The van der Waals surface area contributed by atoms with Crippen LogP contribution in [0.2, 0.25) is 0 Å². The quantitative estimate of drug-likeness (QED) is 0.529. The maximum absolute atomic E-state index is 10.9. The molecule has 1 atom stereocenters. The molecule has 0 spiro atoms. The maximum Gasteiger partial charge on any atom is 0.440 e. The predicted molar refractivity (Wildman–Crippen MR) is 43.6 cm³/mol. The fourth-order valence-electron chi connectivity index (χ4n) is 0.839. The van der Waals surface area contributed by atoms with Gasteiger partial charge in [0.1, 0.15) is 6.04 Å². The molecule has 1 aromatic rings. The third-order valence-corrected chi connectivity index (χ3v) is 1.50. The van der Waals surface area contributed by atoms with Gasteiger partial charge in [-0.2, -0.15) is 0 Å². The van der Waals surface area contributed by atoms with Crippen LogP contribution in [-0.2, 0) is 16.1 Å². The molecule has 0 saturated heterocycles. The van der Waals surface area contributed by atoms with Crippen LogP contribution in [0.3, 0.4) is 0 Å². The standard InChI is InChI=1S/C6H9N3O5/c1-13-4(10)3(7)2-9-5(11)8-6(12)14-9/h3H,2,7H2,1H3,(H,8,11,12)/t3-/m0/s1. The molecule has 1 rings (SSSR count). The normalized spacial score (nSPS) is 12.4. The van der Waals surface area contributed by atoms with Crippen LogP contribution >= 0.6 is 0 Å². The number of methoxy groups -OCH3 is 1. The zero-order chi connectivity index (χ0) is 10.7. The highest BCUT2D eigenvalue weighted by Crippen LogP contribution is 1.86. The Labute approximate surface area is 77.2 Å². The van der Waals surface area contributed by atoms with Crippen molar-refractivity contribution in [3.63, 3.8) is 0 Å². The number of aromatic amines is 1. The van der Waals surface area contributed by atoms with E-state index in [2.05, 4.69) is 9.26 Å². The van der Waals surface area contributed by atoms with Crippen molar-refractivity contribution in [2.24, 2.45) is 5.73 Å². The molecule has 0 aromatic carbocycles. The molecule has 0 unspecified atom stereocenters. The van der Waals surface area contributed by atoms with Crippen LogP contribution in [0.5, 0.6) is 0 Å². The summed E-state index contributed by atoms with van der Waals surface area (Å²) in [7, 11) is 1.16. The van der Waals surface area contributed by atoms with Gasteiger partial charge < -0.3 is 15.0 Å². The summed E-state index contributed by atoms with van der Waals surface area (Å²) in [6.07, 6.45) is 0. The minimum absolute atomic E-state index is 0.246. The largest absolute Gasteiger partial charge is 0.468 e. The van der Waals surface area contributed by atoms with Gasteiger partial charge in [0.2, 0.25) is 0 Å². The number of hydrogen-bond donors (Lipinski definition) is 2. The Morgan fingerprint density at radius 2 is 2.36 bits per heavy atom. The molecule has 0 bridgehead atoms. The SMILES string of the molecule is COC(=O)[C@@H](N)Cn1oc(=O)[nH]c1=O. The van der Waals surface area contributed by atoms with E-state index in [1.54, 1.807) is 0 Å². The van der Waals surface area contributed by atoms with Gasteiger partial charge in [-0.3, -0.25) is 4.79 Å². The number of nitrogens with one attached hydrogen (secondary N) is 1. The molecule has 0 aliphatic heterocycles. The average Bonchev–Trinajstić information content (AvgIpc) is 2.44. The second-order valence-corrected chi connectivity index (χ2v) is 2.50. The molecular weight excluding hydrogens is 194 g/mol. The van der Waals surface area contributed by atoms with Crippen LogP contribution in [0, 0.1) is 0 Å². The lowest BCUT2D eigenvalue weighted by Gasteiger charge is -2.06. The summed E-state index contributed by atoms with van der Waals surface area (Å²) in [4.78, 5) is 34.1. The van der Waals surface area contributed by atoms with Gasteiger partial charge in [0.05, 0.1) is 13.7 Å². The van der Waals surface area contributed by atoms with Crippen LogP contribution in [0.4, 0.5) is 0 Å². The van der Waals surface area contributed by atoms with E-state index >= 15 is 0 Å². The molecule has 8 heteroatoms. The number of aromatic nitrogens is 2. The first kappa shape index (κ1) is 10.3. The number of H-pyrrole nitrogens is 1. The molecule has 0 saturated carbocycles. The number of esters is 1. The molecule has 8 nitrogen and oxygen atoms in total. The molecule has 78 valence electrons. The van der Waals surface area contributed by atoms with Gasteiger partial charge in [0, 0.05) is 0 Å². The number of carbonyl (C=O) groups is 1. The van der Waals surface area contributed by atoms with Gasteiger partial charge in [0.25, 0.3) is 0 Å². The molecule has 0 radical (unpaired) electrons. The summed E-state index contributed by atoms with van der Waals surface area (Å²) in [6.45, 7) is -0.246. The van der Waals surface area contributed by atoms with Crippen molar-refractivity contribution >= 4 is 5.97 Å². The van der Waals surface area contributed by atoms with Crippen molar-refractivity contribution < 1.29 is 14.1 Å². The number of nitrogens with two attached hydrogens (primary N) is 1. The average molecular weight is 203 g/mol. The van der Waals surface area contributed by atoms with E-state index in [0.29, 0.717) is 4.74 Å². The lowest BCUT2D eigenvalue weighted by Crippen LogP contribution is -2.38. The summed E-state index contributed by atoms with van der Waals surface area (Å²) in [5, 5.41) is 0. The third kappa shape index (κ3) is 2.10. The van der Waals surface area contributed by atoms with E-state index in [1.165, 1.54) is 0 Å². The van der Waals surface area contributed by atoms with Crippen molar-refractivity contribution in [2.75, 3.05) is 7.11 Å². The first-order valence-corrected chi connectivity index (χ1v) is 3.68.